The van der Waals surface area contributed by atoms with Crippen LogP contribution in [0.25, 0.3) is 0 Å². The largest absolute Gasteiger partial charge is 0.508 e. The van der Waals surface area contributed by atoms with Gasteiger partial charge in [0.25, 0.3) is 0 Å². The predicted molar refractivity (Wildman–Crippen MR) is 115 cm³/mol. The van der Waals surface area contributed by atoms with Gasteiger partial charge in [0.2, 0.25) is 21.8 Å². The van der Waals surface area contributed by atoms with E-state index in [2.05, 4.69) is 5.32 Å². The van der Waals surface area contributed by atoms with Crippen LogP contribution in [0.4, 0.5) is 0 Å². The van der Waals surface area contributed by atoms with Crippen molar-refractivity contribution in [2.45, 2.75) is 32.7 Å². The van der Waals surface area contributed by atoms with Gasteiger partial charge in [0.05, 0.1) is 30.7 Å². The van der Waals surface area contributed by atoms with Crippen molar-refractivity contribution in [3.05, 3.63) is 29.8 Å². The molecule has 0 aliphatic rings. The van der Waals surface area contributed by atoms with E-state index in [1.54, 1.807) is 12.1 Å². The Morgan fingerprint density at radius 1 is 1.10 bits per heavy atom. The number of aliphatic hydroxyl groups is 1. The summed E-state index contributed by atoms with van der Waals surface area (Å²) < 4.78 is 24.6. The van der Waals surface area contributed by atoms with Crippen LogP contribution >= 0.6 is 0 Å². The molecular weight excluding hydrogens is 426 g/mol. The Labute approximate surface area is 183 Å². The molecule has 1 aromatic carbocycles. The van der Waals surface area contributed by atoms with Crippen LogP contribution in [0.3, 0.4) is 0 Å². The van der Waals surface area contributed by atoms with Crippen molar-refractivity contribution in [3.63, 3.8) is 0 Å². The summed E-state index contributed by atoms with van der Waals surface area (Å²) in [7, 11) is -2.33. The zero-order chi connectivity index (χ0) is 23.8. The van der Waals surface area contributed by atoms with Crippen LogP contribution in [-0.4, -0.2) is 72.5 Å². The van der Waals surface area contributed by atoms with E-state index in [1.807, 2.05) is 13.8 Å². The fourth-order valence-corrected chi connectivity index (χ4v) is 3.67. The lowest BCUT2D eigenvalue weighted by atomic mass is 9.83. The average Bonchev–Trinajstić information content (AvgIpc) is 2.69. The number of hydrogen-bond acceptors (Lipinski definition) is 7. The van der Waals surface area contributed by atoms with Gasteiger partial charge in [-0.05, 0) is 36.5 Å². The lowest BCUT2D eigenvalue weighted by Crippen LogP contribution is -2.50. The number of phenolic OH excluding ortho intramolecular Hbond substituents is 1. The maximum absolute atomic E-state index is 13.1. The van der Waals surface area contributed by atoms with Gasteiger partial charge in [0.15, 0.2) is 0 Å². The van der Waals surface area contributed by atoms with Crippen LogP contribution < -0.4 is 10.8 Å². The fourth-order valence-electron chi connectivity index (χ4n) is 3.24. The molecule has 31 heavy (non-hydrogen) atoms. The molecule has 11 heteroatoms. The van der Waals surface area contributed by atoms with Crippen molar-refractivity contribution in [1.29, 1.82) is 0 Å². The summed E-state index contributed by atoms with van der Waals surface area (Å²) in [4.78, 5) is 25.4. The summed E-state index contributed by atoms with van der Waals surface area (Å²) in [6.45, 7) is 3.06. The Morgan fingerprint density at radius 2 is 1.68 bits per heavy atom. The van der Waals surface area contributed by atoms with Crippen LogP contribution in [0.15, 0.2) is 24.3 Å². The number of hydroxylamine groups is 1. The summed E-state index contributed by atoms with van der Waals surface area (Å²) in [6.07, 6.45) is 1.54. The molecule has 0 saturated heterocycles. The molecule has 3 atom stereocenters. The number of carbonyl (C=O) groups is 2. The van der Waals surface area contributed by atoms with Crippen molar-refractivity contribution in [2.75, 3.05) is 26.5 Å². The van der Waals surface area contributed by atoms with E-state index in [0.717, 1.165) is 16.1 Å². The first-order chi connectivity index (χ1) is 14.4. The van der Waals surface area contributed by atoms with Crippen LogP contribution in [0.5, 0.6) is 5.75 Å². The number of rotatable bonds is 12. The molecule has 0 saturated carbocycles. The highest BCUT2D eigenvalue weighted by molar-refractivity contribution is 7.88. The SMILES string of the molecule is CC(C)C[C@@H](C(=O)N[C@H](CO)Cc1ccc(O)cc1)[C@H](CN(C)S(C)(=O)=O)C(=O)NO. The number of sulfonamides is 1. The highest BCUT2D eigenvalue weighted by Crippen LogP contribution is 2.24. The Bertz CT molecular complexity index is 828. The summed E-state index contributed by atoms with van der Waals surface area (Å²) in [5, 5.41) is 31.0. The average molecular weight is 460 g/mol. The van der Waals surface area contributed by atoms with Gasteiger partial charge < -0.3 is 15.5 Å². The topological polar surface area (TPSA) is 156 Å². The maximum Gasteiger partial charge on any atom is 0.248 e. The molecule has 0 fully saturated rings. The number of aliphatic hydroxyl groups excluding tert-OH is 1. The molecule has 0 heterocycles. The van der Waals surface area contributed by atoms with E-state index in [9.17, 15) is 33.4 Å². The van der Waals surface area contributed by atoms with E-state index >= 15 is 0 Å². The van der Waals surface area contributed by atoms with Gasteiger partial charge in [-0.25, -0.2) is 18.2 Å². The molecule has 0 aromatic heterocycles. The van der Waals surface area contributed by atoms with Crippen molar-refractivity contribution in [2.24, 2.45) is 17.8 Å². The Morgan fingerprint density at radius 3 is 2.13 bits per heavy atom. The van der Waals surface area contributed by atoms with Gasteiger partial charge in [-0.3, -0.25) is 14.8 Å². The lowest BCUT2D eigenvalue weighted by Gasteiger charge is -2.30. The molecule has 5 N–H and O–H groups in total. The van der Waals surface area contributed by atoms with Gasteiger partial charge in [0.1, 0.15) is 5.75 Å². The third-order valence-electron chi connectivity index (χ3n) is 5.00. The number of nitrogens with zero attached hydrogens (tertiary/aromatic N) is 1. The van der Waals surface area contributed by atoms with Gasteiger partial charge in [-0.1, -0.05) is 26.0 Å². The molecule has 0 bridgehead atoms. The van der Waals surface area contributed by atoms with E-state index in [1.165, 1.54) is 24.7 Å². The fraction of sp³-hybridized carbons (Fsp3) is 0.600. The lowest BCUT2D eigenvalue weighted by molar-refractivity contribution is -0.141. The zero-order valence-corrected chi connectivity index (χ0v) is 19.1. The van der Waals surface area contributed by atoms with Crippen molar-refractivity contribution in [3.8, 4) is 5.75 Å². The number of aromatic hydroxyl groups is 1. The monoisotopic (exact) mass is 459 g/mol. The number of nitrogens with one attached hydrogen (secondary N) is 2. The molecule has 0 aliphatic carbocycles. The summed E-state index contributed by atoms with van der Waals surface area (Å²) in [5.74, 6) is -3.38. The van der Waals surface area contributed by atoms with E-state index < -0.39 is 39.7 Å². The minimum absolute atomic E-state index is 0.00189. The van der Waals surface area contributed by atoms with Gasteiger partial charge >= 0.3 is 0 Å². The maximum atomic E-state index is 13.1. The van der Waals surface area contributed by atoms with Crippen molar-refractivity contribution < 1.29 is 33.4 Å². The van der Waals surface area contributed by atoms with Crippen molar-refractivity contribution in [1.82, 2.24) is 15.1 Å². The first-order valence-electron chi connectivity index (χ1n) is 9.93. The summed E-state index contributed by atoms with van der Waals surface area (Å²) in [5.41, 5.74) is 2.31. The second kappa shape index (κ2) is 12.0. The molecule has 0 radical (unpaired) electrons. The van der Waals surface area contributed by atoms with Gasteiger partial charge in [-0.15, -0.1) is 0 Å². The number of amides is 2. The second-order valence-electron chi connectivity index (χ2n) is 8.12. The highest BCUT2D eigenvalue weighted by Gasteiger charge is 2.37. The number of hydrogen-bond donors (Lipinski definition) is 5. The molecule has 1 rings (SSSR count). The predicted octanol–water partition coefficient (Wildman–Crippen LogP) is 0.0871. The van der Waals surface area contributed by atoms with Crippen LogP contribution in [0.2, 0.25) is 0 Å². The number of benzene rings is 1. The Balaban J connectivity index is 3.09. The third kappa shape index (κ3) is 8.82. The summed E-state index contributed by atoms with van der Waals surface area (Å²) in [6, 6.07) is 5.67. The molecule has 176 valence electrons. The van der Waals surface area contributed by atoms with Crippen molar-refractivity contribution >= 4 is 21.8 Å². The van der Waals surface area contributed by atoms with Crippen LogP contribution in [-0.2, 0) is 26.0 Å². The van der Waals surface area contributed by atoms with Gasteiger partial charge in [0, 0.05) is 13.6 Å². The smallest absolute Gasteiger partial charge is 0.248 e. The minimum atomic E-state index is -3.62. The molecule has 0 spiro atoms. The van der Waals surface area contributed by atoms with Crippen LogP contribution in [0, 0.1) is 17.8 Å². The van der Waals surface area contributed by atoms with Crippen LogP contribution in [0.1, 0.15) is 25.8 Å². The second-order valence-corrected chi connectivity index (χ2v) is 10.2. The molecule has 1 aromatic rings. The normalized spacial score (nSPS) is 14.8. The highest BCUT2D eigenvalue weighted by atomic mass is 32.2. The Kier molecular flexibility index (Phi) is 10.4. The minimum Gasteiger partial charge on any atom is -0.508 e. The van der Waals surface area contributed by atoms with Gasteiger partial charge in [-0.2, -0.15) is 0 Å². The molecule has 0 unspecified atom stereocenters. The molecule has 2 amide bonds. The quantitative estimate of drug-likeness (QED) is 0.219. The number of phenols is 1. The first kappa shape index (κ1) is 26.8. The zero-order valence-electron chi connectivity index (χ0n) is 18.3. The standard InChI is InChI=1S/C20H33N3O7S/c1-13(2)9-17(18(20(27)22-28)11-23(3)31(4,29)30)19(26)21-15(12-24)10-14-5-7-16(25)8-6-14/h5-8,13,15,17-18,24-25,28H,9-12H2,1-4H3,(H,21,26)(H,22,27)/t15-,17+,18-/m0/s1. The van der Waals surface area contributed by atoms with E-state index in [0.29, 0.717) is 0 Å². The molecule has 0 aliphatic heterocycles. The molecule has 10 nitrogen and oxygen atoms in total. The van der Waals surface area contributed by atoms with E-state index in [-0.39, 0.29) is 37.7 Å². The first-order valence-corrected chi connectivity index (χ1v) is 11.8. The number of carbonyl (C=O) groups excluding carboxylic acids is 2. The molecular formula is C20H33N3O7S. The third-order valence-corrected chi connectivity index (χ3v) is 6.28. The van der Waals surface area contributed by atoms with E-state index in [4.69, 9.17) is 0 Å². The summed E-state index contributed by atoms with van der Waals surface area (Å²) >= 11 is 0. The Hall–Kier alpha value is -2.21.